The summed E-state index contributed by atoms with van der Waals surface area (Å²) in [4.78, 5) is 25.3. The Labute approximate surface area is 313 Å². The Bertz CT molecular complexity index is 2170. The molecule has 3 aromatic carbocycles. The predicted molar refractivity (Wildman–Crippen MR) is 209 cm³/mol. The second kappa shape index (κ2) is 13.6. The average molecular weight is 730 g/mol. The maximum atomic E-state index is 15.3. The van der Waals surface area contributed by atoms with Crippen LogP contribution in [0.15, 0.2) is 83.0 Å². The Hall–Kier alpha value is -5.65. The van der Waals surface area contributed by atoms with Crippen molar-refractivity contribution in [2.24, 2.45) is 9.98 Å². The lowest BCUT2D eigenvalue weighted by molar-refractivity contribution is -0.118. The smallest absolute Gasteiger partial charge is 0.244 e. The van der Waals surface area contributed by atoms with Gasteiger partial charge >= 0.3 is 0 Å². The van der Waals surface area contributed by atoms with Crippen molar-refractivity contribution >= 4 is 34.9 Å². The number of benzene rings is 3. The number of rotatable bonds is 10. The van der Waals surface area contributed by atoms with Gasteiger partial charge in [-0.05, 0) is 121 Å². The molecule has 2 fully saturated rings. The quantitative estimate of drug-likeness (QED) is 0.0987. The third-order valence-electron chi connectivity index (χ3n) is 10.3. The van der Waals surface area contributed by atoms with Crippen LogP contribution in [0.2, 0.25) is 0 Å². The van der Waals surface area contributed by atoms with Gasteiger partial charge in [-0.3, -0.25) is 14.8 Å². The van der Waals surface area contributed by atoms with Gasteiger partial charge in [0.15, 0.2) is 0 Å². The minimum absolute atomic E-state index is 0.108. The van der Waals surface area contributed by atoms with E-state index in [1.165, 1.54) is 24.3 Å². The van der Waals surface area contributed by atoms with Crippen LogP contribution in [0.3, 0.4) is 0 Å². The van der Waals surface area contributed by atoms with Gasteiger partial charge in [-0.1, -0.05) is 17.7 Å². The van der Waals surface area contributed by atoms with E-state index in [1.807, 2.05) is 50.9 Å². The summed E-state index contributed by atoms with van der Waals surface area (Å²) >= 11 is 0. The number of halogens is 2. The SMILES string of the molecule is Cc1cc(C)c2c(c1)C(c1cnn(C(C)C)c1NC(=NC1CC1)c1ccc(F)cc1)(c1cnn(C(C)C)c1NC(=NC1CC1)c1ccc(F)cc1)C(=O)N2. The minimum Gasteiger partial charge on any atom is -0.325 e. The van der Waals surface area contributed by atoms with Crippen molar-refractivity contribution in [3.63, 3.8) is 0 Å². The second-order valence-corrected chi connectivity index (χ2v) is 15.3. The van der Waals surface area contributed by atoms with Gasteiger partial charge in [-0.15, -0.1) is 0 Å². The van der Waals surface area contributed by atoms with Crippen LogP contribution < -0.4 is 16.0 Å². The van der Waals surface area contributed by atoms with E-state index in [0.717, 1.165) is 59.2 Å². The fraction of sp³-hybridized carbons (Fsp3) is 0.357. The molecular formula is C42H45F2N9O. The number of amidine groups is 2. The predicted octanol–water partition coefficient (Wildman–Crippen LogP) is 8.47. The van der Waals surface area contributed by atoms with E-state index in [4.69, 9.17) is 20.2 Å². The molecule has 2 saturated carbocycles. The highest BCUT2D eigenvalue weighted by atomic mass is 19.1. The molecule has 2 aliphatic carbocycles. The van der Waals surface area contributed by atoms with Crippen LogP contribution in [0.4, 0.5) is 26.1 Å². The van der Waals surface area contributed by atoms with Crippen LogP contribution in [0.25, 0.3) is 0 Å². The highest BCUT2D eigenvalue weighted by molar-refractivity contribution is 6.16. The number of nitrogens with one attached hydrogen (secondary N) is 3. The number of aryl methyl sites for hydroxylation is 2. The minimum atomic E-state index is -1.46. The number of nitrogens with zero attached hydrogens (tertiary/aromatic N) is 6. The Morgan fingerprint density at radius 3 is 1.59 bits per heavy atom. The van der Waals surface area contributed by atoms with Gasteiger partial charge in [0.1, 0.15) is 40.4 Å². The van der Waals surface area contributed by atoms with Crippen LogP contribution in [0, 0.1) is 25.5 Å². The number of hydrogen-bond acceptors (Lipinski definition) is 5. The first-order valence-corrected chi connectivity index (χ1v) is 18.7. The molecule has 278 valence electrons. The van der Waals surface area contributed by atoms with Gasteiger partial charge in [0.2, 0.25) is 5.91 Å². The first-order valence-electron chi connectivity index (χ1n) is 18.7. The summed E-state index contributed by atoms with van der Waals surface area (Å²) in [5.74, 6) is 1.38. The van der Waals surface area contributed by atoms with Crippen LogP contribution >= 0.6 is 0 Å². The molecule has 0 spiro atoms. The lowest BCUT2D eigenvalue weighted by atomic mass is 9.70. The zero-order valence-corrected chi connectivity index (χ0v) is 31.4. The molecule has 0 atom stereocenters. The van der Waals surface area contributed by atoms with Crippen LogP contribution in [0.1, 0.15) is 104 Å². The molecule has 10 nitrogen and oxygen atoms in total. The molecule has 3 N–H and O–H groups in total. The van der Waals surface area contributed by atoms with Crippen LogP contribution in [-0.4, -0.2) is 49.2 Å². The van der Waals surface area contributed by atoms with Gasteiger partial charge in [-0.2, -0.15) is 10.2 Å². The number of carbonyl (C=O) groups excluding carboxylic acids is 1. The molecule has 3 heterocycles. The summed E-state index contributed by atoms with van der Waals surface area (Å²) in [6, 6.07) is 16.7. The number of anilines is 3. The van der Waals surface area contributed by atoms with Crippen molar-refractivity contribution in [1.82, 2.24) is 19.6 Å². The summed E-state index contributed by atoms with van der Waals surface area (Å²) in [6.07, 6.45) is 7.38. The van der Waals surface area contributed by atoms with Gasteiger partial charge < -0.3 is 16.0 Å². The number of amides is 1. The third-order valence-corrected chi connectivity index (χ3v) is 10.3. The molecule has 0 unspecified atom stereocenters. The summed E-state index contributed by atoms with van der Waals surface area (Å²) in [6.45, 7) is 12.2. The molecule has 0 saturated heterocycles. The zero-order chi connectivity index (χ0) is 37.9. The van der Waals surface area contributed by atoms with E-state index in [9.17, 15) is 8.78 Å². The molecule has 2 aromatic heterocycles. The fourth-order valence-corrected chi connectivity index (χ4v) is 7.31. The van der Waals surface area contributed by atoms with Crippen LogP contribution in [-0.2, 0) is 10.2 Å². The van der Waals surface area contributed by atoms with Gasteiger partial charge in [-0.25, -0.2) is 18.1 Å². The molecular weight excluding hydrogens is 685 g/mol. The molecule has 3 aliphatic rings. The topological polar surface area (TPSA) is 114 Å². The van der Waals surface area contributed by atoms with Crippen LogP contribution in [0.5, 0.6) is 0 Å². The Morgan fingerprint density at radius 2 is 1.19 bits per heavy atom. The van der Waals surface area contributed by atoms with Crippen molar-refractivity contribution in [2.45, 2.75) is 96.8 Å². The number of fused-ring (bicyclic) bond motifs is 1. The lowest BCUT2D eigenvalue weighted by Crippen LogP contribution is -2.39. The Kier molecular flexibility index (Phi) is 8.94. The van der Waals surface area contributed by atoms with E-state index < -0.39 is 5.41 Å². The van der Waals surface area contributed by atoms with Crippen molar-refractivity contribution in [2.75, 3.05) is 16.0 Å². The molecule has 5 aromatic rings. The van der Waals surface area contributed by atoms with Gasteiger partial charge in [0.25, 0.3) is 0 Å². The molecule has 0 radical (unpaired) electrons. The van der Waals surface area contributed by atoms with Gasteiger partial charge in [0, 0.05) is 45.6 Å². The van der Waals surface area contributed by atoms with Gasteiger partial charge in [0.05, 0.1) is 24.5 Å². The maximum absolute atomic E-state index is 15.3. The largest absolute Gasteiger partial charge is 0.325 e. The second-order valence-electron chi connectivity index (χ2n) is 15.3. The van der Waals surface area contributed by atoms with Crippen molar-refractivity contribution < 1.29 is 13.6 Å². The van der Waals surface area contributed by atoms with Crippen molar-refractivity contribution in [3.05, 3.63) is 124 Å². The highest BCUT2D eigenvalue weighted by Gasteiger charge is 2.55. The van der Waals surface area contributed by atoms with Crippen molar-refractivity contribution in [1.29, 1.82) is 0 Å². The summed E-state index contributed by atoms with van der Waals surface area (Å²) in [7, 11) is 0. The lowest BCUT2D eigenvalue weighted by Gasteiger charge is -2.30. The molecule has 8 rings (SSSR count). The Morgan fingerprint density at radius 1 is 0.741 bits per heavy atom. The van der Waals surface area contributed by atoms with E-state index >= 15 is 4.79 Å². The summed E-state index contributed by atoms with van der Waals surface area (Å²) in [5, 5.41) is 20.4. The first-order chi connectivity index (χ1) is 25.9. The number of aliphatic imine (C=N–C) groups is 2. The fourth-order valence-electron chi connectivity index (χ4n) is 7.31. The zero-order valence-electron chi connectivity index (χ0n) is 31.4. The summed E-state index contributed by atoms with van der Waals surface area (Å²) in [5.41, 5.74) is 4.62. The number of hydrogen-bond donors (Lipinski definition) is 3. The van der Waals surface area contributed by atoms with E-state index in [2.05, 4.69) is 28.1 Å². The van der Waals surface area contributed by atoms with E-state index in [1.54, 1.807) is 36.7 Å². The third kappa shape index (κ3) is 6.37. The molecule has 0 bridgehead atoms. The number of carbonyl (C=O) groups is 1. The van der Waals surface area contributed by atoms with Crippen molar-refractivity contribution in [3.8, 4) is 0 Å². The first kappa shape index (κ1) is 35.4. The molecule has 1 amide bonds. The highest BCUT2D eigenvalue weighted by Crippen LogP contribution is 2.53. The Balaban J connectivity index is 1.39. The average Bonchev–Trinajstić information content (AvgIpc) is 4.03. The molecule has 54 heavy (non-hydrogen) atoms. The maximum Gasteiger partial charge on any atom is 0.244 e. The summed E-state index contributed by atoms with van der Waals surface area (Å²) < 4.78 is 32.1. The monoisotopic (exact) mass is 729 g/mol. The number of aromatic nitrogens is 4. The van der Waals surface area contributed by atoms with E-state index in [-0.39, 0.29) is 41.7 Å². The standard InChI is InChI=1S/C42H45F2N9O/c1-23(2)52-39(50-37(47-31-15-16-31)27-7-11-29(43)12-8-27)34(21-45-52)42(33-20-25(5)19-26(6)36(33)49-41(42)54)35-22-46-53(24(3)4)40(35)51-38(48-32-17-18-32)28-9-13-30(44)14-10-28/h7-14,19-24,31-32H,15-18H2,1-6H3,(H,47,50)(H,48,51)(H,49,54). The normalized spacial score (nSPS) is 18.7. The van der Waals surface area contributed by atoms with E-state index in [0.29, 0.717) is 34.4 Å². The molecule has 12 heteroatoms. The molecule has 1 aliphatic heterocycles.